The molecule has 3 aromatic heterocycles. The molecular weight excluding hydrogens is 557 g/mol. The number of carbonyl (C=O) groups excluding carboxylic acids is 2. The molecule has 0 radical (unpaired) electrons. The Morgan fingerprint density at radius 3 is 2.76 bits per heavy atom. The van der Waals surface area contributed by atoms with Gasteiger partial charge in [0, 0.05) is 53.4 Å². The van der Waals surface area contributed by atoms with Crippen LogP contribution >= 0.6 is 11.3 Å². The lowest BCUT2D eigenvalue weighted by Crippen LogP contribution is -2.37. The molecule has 0 spiro atoms. The maximum atomic E-state index is 13.4. The molecule has 1 aliphatic rings. The van der Waals surface area contributed by atoms with Gasteiger partial charge in [-0.15, -0.1) is 11.3 Å². The fourth-order valence-corrected chi connectivity index (χ4v) is 5.78. The maximum absolute atomic E-state index is 13.4. The number of thiazole rings is 1. The Morgan fingerprint density at radius 1 is 1.24 bits per heavy atom. The number of aromatic nitrogens is 3. The van der Waals surface area contributed by atoms with Gasteiger partial charge in [0.2, 0.25) is 0 Å². The first-order valence-electron chi connectivity index (χ1n) is 13.1. The fraction of sp³-hybridized carbons (Fsp3) is 0.321. The van der Waals surface area contributed by atoms with Gasteiger partial charge in [-0.3, -0.25) is 14.9 Å². The molecule has 0 aliphatic carbocycles. The van der Waals surface area contributed by atoms with Crippen LogP contribution in [0.4, 0.5) is 23.8 Å². The van der Waals surface area contributed by atoms with Gasteiger partial charge in [-0.25, -0.2) is 14.8 Å². The molecule has 0 bridgehead atoms. The Labute approximate surface area is 236 Å². The monoisotopic (exact) mass is 584 g/mol. The van der Waals surface area contributed by atoms with E-state index in [1.165, 1.54) is 12.3 Å². The number of amides is 2. The molecule has 1 fully saturated rings. The second-order valence-electron chi connectivity index (χ2n) is 9.70. The highest BCUT2D eigenvalue weighted by atomic mass is 32.1. The van der Waals surface area contributed by atoms with Gasteiger partial charge < -0.3 is 15.2 Å². The van der Waals surface area contributed by atoms with Crippen molar-refractivity contribution in [3.8, 4) is 21.7 Å². The number of rotatable bonds is 7. The molecule has 214 valence electrons. The average molecular weight is 585 g/mol. The molecule has 1 saturated heterocycles. The Balaban J connectivity index is 1.63. The van der Waals surface area contributed by atoms with Gasteiger partial charge in [-0.05, 0) is 50.1 Å². The van der Waals surface area contributed by atoms with Crippen LogP contribution in [-0.2, 0) is 12.7 Å². The van der Waals surface area contributed by atoms with Crippen LogP contribution in [0.3, 0.4) is 0 Å². The summed E-state index contributed by atoms with van der Waals surface area (Å²) >= 11 is 0.805. The van der Waals surface area contributed by atoms with Crippen LogP contribution in [0.2, 0.25) is 0 Å². The highest BCUT2D eigenvalue weighted by Crippen LogP contribution is 2.39. The normalized spacial score (nSPS) is 15.6. The summed E-state index contributed by atoms with van der Waals surface area (Å²) in [7, 11) is 0. The SMILES string of the molecule is CCNC(=O)Nc1cc(-c2nc(C(F)(F)F)cs2)c(-c2ccc3c(c2)c(=O)c(C=O)cn3CC2CCCCN2)cn1. The van der Waals surface area contributed by atoms with E-state index in [1.807, 2.05) is 4.57 Å². The summed E-state index contributed by atoms with van der Waals surface area (Å²) in [6, 6.07) is 6.25. The van der Waals surface area contributed by atoms with Crippen LogP contribution in [0.15, 0.2) is 46.8 Å². The third-order valence-electron chi connectivity index (χ3n) is 6.88. The van der Waals surface area contributed by atoms with E-state index in [2.05, 4.69) is 25.9 Å². The number of hydrogen-bond acceptors (Lipinski definition) is 7. The Bertz CT molecular complexity index is 1660. The van der Waals surface area contributed by atoms with Crippen molar-refractivity contribution in [2.45, 2.75) is 44.9 Å². The van der Waals surface area contributed by atoms with Gasteiger partial charge in [-0.1, -0.05) is 12.5 Å². The van der Waals surface area contributed by atoms with Gasteiger partial charge in [0.25, 0.3) is 0 Å². The number of benzene rings is 1. The van der Waals surface area contributed by atoms with Crippen molar-refractivity contribution in [3.63, 3.8) is 0 Å². The van der Waals surface area contributed by atoms with Gasteiger partial charge in [-0.2, -0.15) is 13.2 Å². The molecule has 4 aromatic rings. The minimum Gasteiger partial charge on any atom is -0.345 e. The van der Waals surface area contributed by atoms with Crippen molar-refractivity contribution < 1.29 is 22.8 Å². The number of nitrogens with one attached hydrogen (secondary N) is 3. The summed E-state index contributed by atoms with van der Waals surface area (Å²) in [4.78, 5) is 45.2. The third-order valence-corrected chi connectivity index (χ3v) is 7.76. The first-order valence-corrected chi connectivity index (χ1v) is 14.0. The summed E-state index contributed by atoms with van der Waals surface area (Å²) in [5.74, 6) is 0.116. The number of fused-ring (bicyclic) bond motifs is 1. The first-order chi connectivity index (χ1) is 19.7. The topological polar surface area (TPSA) is 118 Å². The van der Waals surface area contributed by atoms with Gasteiger partial charge in [0.1, 0.15) is 10.8 Å². The molecule has 1 aliphatic heterocycles. The van der Waals surface area contributed by atoms with Gasteiger partial charge in [0.15, 0.2) is 17.4 Å². The lowest BCUT2D eigenvalue weighted by Gasteiger charge is -2.25. The van der Waals surface area contributed by atoms with E-state index in [-0.39, 0.29) is 22.4 Å². The van der Waals surface area contributed by atoms with Crippen molar-refractivity contribution in [3.05, 3.63) is 63.5 Å². The number of anilines is 1. The quantitative estimate of drug-likeness (QED) is 0.254. The first kappa shape index (κ1) is 28.4. The number of hydrogen-bond donors (Lipinski definition) is 3. The summed E-state index contributed by atoms with van der Waals surface area (Å²) in [6.45, 7) is 3.59. The Kier molecular flexibility index (Phi) is 8.18. The highest BCUT2D eigenvalue weighted by molar-refractivity contribution is 7.13. The second-order valence-corrected chi connectivity index (χ2v) is 10.6. The van der Waals surface area contributed by atoms with Crippen molar-refractivity contribution in [1.29, 1.82) is 0 Å². The Morgan fingerprint density at radius 2 is 2.07 bits per heavy atom. The fourth-order valence-electron chi connectivity index (χ4n) is 4.92. The van der Waals surface area contributed by atoms with Crippen LogP contribution in [0.25, 0.3) is 32.6 Å². The second kappa shape index (κ2) is 11.8. The number of pyridine rings is 2. The number of urea groups is 1. The van der Waals surface area contributed by atoms with Crippen molar-refractivity contribution in [2.75, 3.05) is 18.4 Å². The van der Waals surface area contributed by atoms with Crippen molar-refractivity contribution in [1.82, 2.24) is 25.2 Å². The minimum absolute atomic E-state index is 0.0139. The average Bonchev–Trinajstić information content (AvgIpc) is 3.46. The number of aldehydes is 1. The molecule has 13 heteroatoms. The molecule has 1 aromatic carbocycles. The van der Waals surface area contributed by atoms with Gasteiger partial charge in [0.05, 0.1) is 11.1 Å². The van der Waals surface area contributed by atoms with Crippen LogP contribution < -0.4 is 21.4 Å². The zero-order chi connectivity index (χ0) is 29.1. The summed E-state index contributed by atoms with van der Waals surface area (Å²) in [6.07, 6.45) is 2.05. The predicted octanol–water partition coefficient (Wildman–Crippen LogP) is 5.30. The predicted molar refractivity (Wildman–Crippen MR) is 151 cm³/mol. The van der Waals surface area contributed by atoms with E-state index in [0.717, 1.165) is 42.5 Å². The minimum atomic E-state index is -4.63. The molecule has 1 unspecified atom stereocenters. The molecule has 2 amide bonds. The van der Waals surface area contributed by atoms with E-state index >= 15 is 0 Å². The summed E-state index contributed by atoms with van der Waals surface area (Å²) < 4.78 is 42.0. The maximum Gasteiger partial charge on any atom is 0.434 e. The zero-order valence-corrected chi connectivity index (χ0v) is 22.9. The lowest BCUT2D eigenvalue weighted by molar-refractivity contribution is -0.140. The molecule has 9 nitrogen and oxygen atoms in total. The molecule has 41 heavy (non-hydrogen) atoms. The van der Waals surface area contributed by atoms with Crippen molar-refractivity contribution >= 4 is 40.4 Å². The van der Waals surface area contributed by atoms with Crippen LogP contribution in [0, 0.1) is 0 Å². The molecular formula is C28H27F3N6O3S. The molecule has 0 saturated carbocycles. The largest absolute Gasteiger partial charge is 0.434 e. The number of piperidine rings is 1. The van der Waals surface area contributed by atoms with Crippen LogP contribution in [-0.4, -0.2) is 46.0 Å². The number of nitrogens with zero attached hydrogens (tertiary/aromatic N) is 3. The van der Waals surface area contributed by atoms with E-state index in [1.54, 1.807) is 31.3 Å². The summed E-state index contributed by atoms with van der Waals surface area (Å²) in [5.41, 5.74) is 0.372. The van der Waals surface area contributed by atoms with E-state index in [9.17, 15) is 27.6 Å². The number of halogens is 3. The molecule has 4 heterocycles. The standard InChI is InChI=1S/C28H27F3N6O3S/c1-2-32-27(40)36-24-10-19(26-35-23(15-41-26)28(29,30)31)21(11-34-24)16-6-7-22-20(9-16)25(39)17(14-38)12-37(22)13-18-5-3-4-8-33-18/h6-7,9-12,14-15,18,33H,2-5,8,13H2,1H3,(H2,32,34,36,40). The Hall–Kier alpha value is -4.10. The van der Waals surface area contributed by atoms with E-state index in [4.69, 9.17) is 0 Å². The third kappa shape index (κ3) is 6.15. The van der Waals surface area contributed by atoms with E-state index in [0.29, 0.717) is 47.0 Å². The van der Waals surface area contributed by atoms with Crippen molar-refractivity contribution in [2.24, 2.45) is 0 Å². The van der Waals surface area contributed by atoms with Gasteiger partial charge >= 0.3 is 12.2 Å². The van der Waals surface area contributed by atoms with Crippen LogP contribution in [0.5, 0.6) is 0 Å². The van der Waals surface area contributed by atoms with E-state index < -0.39 is 23.3 Å². The highest BCUT2D eigenvalue weighted by Gasteiger charge is 2.34. The molecule has 1 atom stereocenters. The molecule has 5 rings (SSSR count). The smallest absolute Gasteiger partial charge is 0.345 e. The summed E-state index contributed by atoms with van der Waals surface area (Å²) in [5, 5.41) is 9.90. The molecule has 3 N–H and O–H groups in total. The number of alkyl halides is 3. The zero-order valence-electron chi connectivity index (χ0n) is 22.0. The van der Waals surface area contributed by atoms with Crippen LogP contribution in [0.1, 0.15) is 42.2 Å². The number of carbonyl (C=O) groups is 2. The lowest BCUT2D eigenvalue weighted by atomic mass is 9.99.